The van der Waals surface area contributed by atoms with Crippen molar-refractivity contribution in [2.24, 2.45) is 4.40 Å². The summed E-state index contributed by atoms with van der Waals surface area (Å²) in [6.45, 7) is 0.994. The van der Waals surface area contributed by atoms with Crippen LogP contribution in [-0.2, 0) is 21.3 Å². The van der Waals surface area contributed by atoms with Gasteiger partial charge in [0.1, 0.15) is 5.75 Å². The first-order valence-electron chi connectivity index (χ1n) is 7.57. The van der Waals surface area contributed by atoms with E-state index in [0.717, 1.165) is 10.2 Å². The number of para-hydroxylation sites is 1. The van der Waals surface area contributed by atoms with Gasteiger partial charge in [-0.1, -0.05) is 23.5 Å². The number of fused-ring (bicyclic) bond motifs is 1. The van der Waals surface area contributed by atoms with Crippen LogP contribution >= 0.6 is 11.3 Å². The fourth-order valence-electron chi connectivity index (χ4n) is 2.39. The van der Waals surface area contributed by atoms with E-state index in [4.69, 9.17) is 9.47 Å². The summed E-state index contributed by atoms with van der Waals surface area (Å²) in [6.07, 6.45) is 0. The highest BCUT2D eigenvalue weighted by Crippen LogP contribution is 2.19. The Morgan fingerprint density at radius 2 is 1.80 bits per heavy atom. The topological polar surface area (TPSA) is 69.9 Å². The van der Waals surface area contributed by atoms with Gasteiger partial charge < -0.3 is 14.0 Å². The Kier molecular flexibility index (Phi) is 5.22. The third kappa shape index (κ3) is 3.76. The molecule has 1 aromatic heterocycles. The molecule has 0 amide bonds. The van der Waals surface area contributed by atoms with Gasteiger partial charge in [-0.3, -0.25) is 0 Å². The van der Waals surface area contributed by atoms with Crippen molar-refractivity contribution in [3.05, 3.63) is 53.3 Å². The van der Waals surface area contributed by atoms with Crippen LogP contribution in [0.2, 0.25) is 0 Å². The van der Waals surface area contributed by atoms with Gasteiger partial charge in [-0.05, 0) is 36.4 Å². The number of methoxy groups -OCH3 is 2. The minimum atomic E-state index is -3.82. The van der Waals surface area contributed by atoms with Gasteiger partial charge in [0.15, 0.2) is 0 Å². The van der Waals surface area contributed by atoms with Crippen LogP contribution in [0.5, 0.6) is 5.75 Å². The lowest BCUT2D eigenvalue weighted by Crippen LogP contribution is -2.19. The Bertz CT molecular complexity index is 1030. The molecule has 0 saturated carbocycles. The van der Waals surface area contributed by atoms with E-state index in [2.05, 4.69) is 4.40 Å². The van der Waals surface area contributed by atoms with Crippen molar-refractivity contribution in [2.45, 2.75) is 11.4 Å². The van der Waals surface area contributed by atoms with Crippen LogP contribution in [-0.4, -0.2) is 33.8 Å². The van der Waals surface area contributed by atoms with Crippen molar-refractivity contribution in [1.82, 2.24) is 4.57 Å². The molecule has 8 heteroatoms. The summed E-state index contributed by atoms with van der Waals surface area (Å²) >= 11 is 1.34. The molecule has 3 rings (SSSR count). The first kappa shape index (κ1) is 17.7. The number of benzene rings is 2. The van der Waals surface area contributed by atoms with Gasteiger partial charge in [0.2, 0.25) is 4.80 Å². The van der Waals surface area contributed by atoms with Gasteiger partial charge in [-0.15, -0.1) is 4.40 Å². The van der Waals surface area contributed by atoms with Crippen molar-refractivity contribution in [1.29, 1.82) is 0 Å². The van der Waals surface area contributed by atoms with E-state index in [9.17, 15) is 8.42 Å². The third-order valence-corrected chi connectivity index (χ3v) is 6.12. The quantitative estimate of drug-likeness (QED) is 0.661. The summed E-state index contributed by atoms with van der Waals surface area (Å²) < 4.78 is 42.4. The molecular weight excluding hydrogens is 360 g/mol. The van der Waals surface area contributed by atoms with Gasteiger partial charge in [0.05, 0.1) is 28.8 Å². The fraction of sp³-hybridized carbons (Fsp3) is 0.235. The van der Waals surface area contributed by atoms with Crippen molar-refractivity contribution in [3.63, 3.8) is 0 Å². The van der Waals surface area contributed by atoms with Gasteiger partial charge in [0, 0.05) is 13.7 Å². The highest BCUT2D eigenvalue weighted by atomic mass is 32.2. The molecule has 0 fully saturated rings. The number of hydrogen-bond donors (Lipinski definition) is 0. The predicted molar refractivity (Wildman–Crippen MR) is 97.4 cm³/mol. The highest BCUT2D eigenvalue weighted by molar-refractivity contribution is 7.90. The number of rotatable bonds is 6. The summed E-state index contributed by atoms with van der Waals surface area (Å²) in [7, 11) is -0.673. The Morgan fingerprint density at radius 1 is 1.08 bits per heavy atom. The molecule has 0 aliphatic carbocycles. The molecule has 6 nitrogen and oxygen atoms in total. The van der Waals surface area contributed by atoms with E-state index in [1.54, 1.807) is 19.2 Å². The Labute approximate surface area is 150 Å². The number of thiazole rings is 1. The largest absolute Gasteiger partial charge is 0.497 e. The molecule has 0 bridgehead atoms. The number of aromatic nitrogens is 1. The second kappa shape index (κ2) is 7.38. The van der Waals surface area contributed by atoms with E-state index < -0.39 is 10.0 Å². The molecule has 0 atom stereocenters. The summed E-state index contributed by atoms with van der Waals surface area (Å²) in [5.74, 6) is 0.593. The van der Waals surface area contributed by atoms with Crippen LogP contribution in [0.3, 0.4) is 0 Å². The maximum absolute atomic E-state index is 12.7. The molecule has 0 aliphatic rings. The Morgan fingerprint density at radius 3 is 2.48 bits per heavy atom. The summed E-state index contributed by atoms with van der Waals surface area (Å²) in [5.41, 5.74) is 0.938. The second-order valence-electron chi connectivity index (χ2n) is 5.24. The maximum Gasteiger partial charge on any atom is 0.285 e. The van der Waals surface area contributed by atoms with Gasteiger partial charge in [0.25, 0.3) is 10.0 Å². The van der Waals surface area contributed by atoms with E-state index in [1.807, 2.05) is 28.8 Å². The molecule has 0 spiro atoms. The zero-order chi connectivity index (χ0) is 17.9. The van der Waals surface area contributed by atoms with E-state index >= 15 is 0 Å². The first-order valence-corrected chi connectivity index (χ1v) is 9.83. The van der Waals surface area contributed by atoms with Crippen molar-refractivity contribution >= 4 is 31.6 Å². The van der Waals surface area contributed by atoms with E-state index in [1.165, 1.54) is 30.6 Å². The lowest BCUT2D eigenvalue weighted by molar-refractivity contribution is 0.187. The van der Waals surface area contributed by atoms with Crippen LogP contribution in [0.1, 0.15) is 0 Å². The molecule has 2 aromatic carbocycles. The van der Waals surface area contributed by atoms with Crippen molar-refractivity contribution in [3.8, 4) is 5.75 Å². The SMILES string of the molecule is COCCn1/c(=N/S(=O)(=O)c2ccc(OC)cc2)sc2ccccc21. The van der Waals surface area contributed by atoms with Crippen LogP contribution in [0.25, 0.3) is 10.2 Å². The number of nitrogens with zero attached hydrogens (tertiary/aromatic N) is 2. The van der Waals surface area contributed by atoms with Crippen LogP contribution in [0.15, 0.2) is 57.8 Å². The number of hydrogen-bond acceptors (Lipinski definition) is 5. The molecule has 0 aliphatic heterocycles. The fourth-order valence-corrected chi connectivity index (χ4v) is 4.65. The van der Waals surface area contributed by atoms with Crippen molar-refractivity contribution < 1.29 is 17.9 Å². The number of ether oxygens (including phenoxy) is 2. The minimum Gasteiger partial charge on any atom is -0.497 e. The monoisotopic (exact) mass is 378 g/mol. The first-order chi connectivity index (χ1) is 12.0. The average Bonchev–Trinajstić information content (AvgIpc) is 2.96. The Hall–Kier alpha value is -2.16. The molecule has 25 heavy (non-hydrogen) atoms. The molecule has 3 aromatic rings. The minimum absolute atomic E-state index is 0.129. The Balaban J connectivity index is 2.12. The second-order valence-corrected chi connectivity index (χ2v) is 7.85. The molecule has 132 valence electrons. The lowest BCUT2D eigenvalue weighted by atomic mass is 10.3. The molecule has 0 N–H and O–H groups in total. The normalized spacial score (nSPS) is 12.6. The van der Waals surface area contributed by atoms with Crippen molar-refractivity contribution in [2.75, 3.05) is 20.8 Å². The molecule has 0 saturated heterocycles. The van der Waals surface area contributed by atoms with Crippen LogP contribution in [0, 0.1) is 0 Å². The summed E-state index contributed by atoms with van der Waals surface area (Å²) in [5, 5.41) is 0. The predicted octanol–water partition coefficient (Wildman–Crippen LogP) is 2.65. The molecule has 0 radical (unpaired) electrons. The summed E-state index contributed by atoms with van der Waals surface area (Å²) in [6, 6.07) is 13.9. The molecule has 0 unspecified atom stereocenters. The smallest absolute Gasteiger partial charge is 0.285 e. The zero-order valence-corrected chi connectivity index (χ0v) is 15.5. The average molecular weight is 378 g/mol. The van der Waals surface area contributed by atoms with Crippen LogP contribution < -0.4 is 9.54 Å². The van der Waals surface area contributed by atoms with E-state index in [0.29, 0.717) is 23.7 Å². The van der Waals surface area contributed by atoms with Gasteiger partial charge in [-0.25, -0.2) is 0 Å². The van der Waals surface area contributed by atoms with Gasteiger partial charge in [-0.2, -0.15) is 8.42 Å². The lowest BCUT2D eigenvalue weighted by Gasteiger charge is -2.04. The molecule has 1 heterocycles. The van der Waals surface area contributed by atoms with Gasteiger partial charge >= 0.3 is 0 Å². The maximum atomic E-state index is 12.7. The van der Waals surface area contributed by atoms with E-state index in [-0.39, 0.29) is 4.90 Å². The standard InChI is InChI=1S/C17H18N2O4S2/c1-22-12-11-19-15-5-3-4-6-16(15)24-17(19)18-25(20,21)14-9-7-13(23-2)8-10-14/h3-10H,11-12H2,1-2H3/b18-17-. The third-order valence-electron chi connectivity index (χ3n) is 3.66. The number of sulfonamides is 1. The zero-order valence-electron chi connectivity index (χ0n) is 13.9. The summed E-state index contributed by atoms with van der Waals surface area (Å²) in [4.78, 5) is 0.554. The highest BCUT2D eigenvalue weighted by Gasteiger charge is 2.15. The van der Waals surface area contributed by atoms with Crippen LogP contribution in [0.4, 0.5) is 0 Å². The molecular formula is C17H18N2O4S2.